The lowest BCUT2D eigenvalue weighted by atomic mass is 10.2. The number of halogens is 3. The fourth-order valence-corrected chi connectivity index (χ4v) is 3.45. The summed E-state index contributed by atoms with van der Waals surface area (Å²) < 4.78 is 0.985. The van der Waals surface area contributed by atoms with Gasteiger partial charge in [0.15, 0.2) is 0 Å². The minimum atomic E-state index is -1.42. The quantitative estimate of drug-likeness (QED) is 0.448. The van der Waals surface area contributed by atoms with Crippen LogP contribution in [0.4, 0.5) is 5.82 Å². The highest BCUT2D eigenvalue weighted by Gasteiger charge is 2.22. The number of aliphatic carboxylic acids is 1. The lowest BCUT2D eigenvalue weighted by Crippen LogP contribution is -2.45. The van der Waals surface area contributed by atoms with Gasteiger partial charge in [-0.3, -0.25) is 14.2 Å². The van der Waals surface area contributed by atoms with Gasteiger partial charge < -0.3 is 15.7 Å². The molecule has 0 fully saturated rings. The summed E-state index contributed by atoms with van der Waals surface area (Å²) >= 11 is 17.8. The molecule has 0 saturated carbocycles. The van der Waals surface area contributed by atoms with Crippen LogP contribution in [0.2, 0.25) is 15.1 Å². The number of nitrogens with one attached hydrogen (secondary N) is 2. The van der Waals surface area contributed by atoms with Crippen LogP contribution >= 0.6 is 34.8 Å². The number of carboxylic acid groups (broad SMARTS) is 1. The van der Waals surface area contributed by atoms with E-state index in [4.69, 9.17) is 34.8 Å². The van der Waals surface area contributed by atoms with Crippen LogP contribution in [0.15, 0.2) is 59.5 Å². The Bertz CT molecular complexity index is 1260. The Morgan fingerprint density at radius 3 is 2.18 bits per heavy atom. The molecule has 0 unspecified atom stereocenters. The normalized spacial score (nSPS) is 11.5. The van der Waals surface area contributed by atoms with E-state index < -0.39 is 36.1 Å². The van der Waals surface area contributed by atoms with E-state index in [-0.39, 0.29) is 27.0 Å². The number of benzene rings is 2. The molecule has 12 heteroatoms. The van der Waals surface area contributed by atoms with Crippen molar-refractivity contribution < 1.29 is 19.5 Å². The minimum Gasteiger partial charge on any atom is -0.480 e. The summed E-state index contributed by atoms with van der Waals surface area (Å²) in [6.07, 6.45) is 1.24. The van der Waals surface area contributed by atoms with E-state index in [2.05, 4.69) is 15.6 Å². The summed E-state index contributed by atoms with van der Waals surface area (Å²) in [5, 5.41) is 14.9. The molecule has 3 aromatic rings. The van der Waals surface area contributed by atoms with Gasteiger partial charge in [0.25, 0.3) is 11.8 Å². The molecule has 1 atom stereocenters. The van der Waals surface area contributed by atoms with Crippen molar-refractivity contribution >= 4 is 58.4 Å². The number of hydrogen-bond donors (Lipinski definition) is 3. The zero-order chi connectivity index (χ0) is 24.1. The number of carbonyl (C=O) groups excluding carboxylic acids is 2. The van der Waals surface area contributed by atoms with Crippen LogP contribution in [0, 0.1) is 0 Å². The molecule has 170 valence electrons. The summed E-state index contributed by atoms with van der Waals surface area (Å²) in [5.74, 6) is -2.77. The number of carbonyl (C=O) groups is 3. The van der Waals surface area contributed by atoms with Gasteiger partial charge in [0.1, 0.15) is 11.9 Å². The summed E-state index contributed by atoms with van der Waals surface area (Å²) in [6.45, 7) is -0.398. The first-order chi connectivity index (χ1) is 15.7. The predicted molar refractivity (Wildman–Crippen MR) is 123 cm³/mol. The fraction of sp³-hybridized carbons (Fsp3) is 0.0952. The molecular formula is C21H15Cl3N4O5. The SMILES string of the molecule is O=C(N[C@@H](Cn1ccc(NC(=O)c2c(Cl)cccc2Cl)nc1=O)C(=O)O)c1ccc(Cl)cc1. The second-order valence-electron chi connectivity index (χ2n) is 6.67. The third-order valence-electron chi connectivity index (χ3n) is 4.39. The van der Waals surface area contributed by atoms with Crippen molar-refractivity contribution in [3.8, 4) is 0 Å². The molecule has 0 aliphatic carbocycles. The van der Waals surface area contributed by atoms with Crippen molar-refractivity contribution in [3.05, 3.63) is 91.4 Å². The molecule has 3 N–H and O–H groups in total. The Morgan fingerprint density at radius 1 is 0.970 bits per heavy atom. The second kappa shape index (κ2) is 10.5. The van der Waals surface area contributed by atoms with E-state index in [0.29, 0.717) is 5.02 Å². The van der Waals surface area contributed by atoms with Gasteiger partial charge in [0.2, 0.25) is 0 Å². The highest BCUT2D eigenvalue weighted by Crippen LogP contribution is 2.24. The molecule has 0 spiro atoms. The van der Waals surface area contributed by atoms with Gasteiger partial charge >= 0.3 is 11.7 Å². The third-order valence-corrected chi connectivity index (χ3v) is 5.28. The lowest BCUT2D eigenvalue weighted by molar-refractivity contribution is -0.139. The molecule has 3 rings (SSSR count). The molecule has 0 aliphatic rings. The number of nitrogens with zero attached hydrogens (tertiary/aromatic N) is 2. The summed E-state index contributed by atoms with van der Waals surface area (Å²) in [6, 6.07) is 10.3. The van der Waals surface area contributed by atoms with Gasteiger partial charge in [-0.05, 0) is 42.5 Å². The van der Waals surface area contributed by atoms with Crippen LogP contribution in [0.1, 0.15) is 20.7 Å². The van der Waals surface area contributed by atoms with Crippen LogP contribution in [-0.4, -0.2) is 38.5 Å². The second-order valence-corrected chi connectivity index (χ2v) is 7.92. The molecule has 9 nitrogen and oxygen atoms in total. The van der Waals surface area contributed by atoms with Crippen LogP contribution in [0.25, 0.3) is 0 Å². The molecule has 0 bridgehead atoms. The summed E-state index contributed by atoms with van der Waals surface area (Å²) in [4.78, 5) is 52.5. The molecule has 0 saturated heterocycles. The Labute approximate surface area is 201 Å². The van der Waals surface area contributed by atoms with Crippen LogP contribution < -0.4 is 16.3 Å². The van der Waals surface area contributed by atoms with Crippen LogP contribution in [0.5, 0.6) is 0 Å². The molecule has 0 radical (unpaired) electrons. The molecular weight excluding hydrogens is 495 g/mol. The maximum atomic E-state index is 12.4. The Hall–Kier alpha value is -3.40. The van der Waals surface area contributed by atoms with Crippen molar-refractivity contribution in [1.29, 1.82) is 0 Å². The van der Waals surface area contributed by atoms with Gasteiger partial charge in [-0.2, -0.15) is 4.98 Å². The Morgan fingerprint density at radius 2 is 1.61 bits per heavy atom. The maximum Gasteiger partial charge on any atom is 0.349 e. The first-order valence-corrected chi connectivity index (χ1v) is 10.4. The average molecular weight is 510 g/mol. The Balaban J connectivity index is 1.73. The van der Waals surface area contributed by atoms with Crippen molar-refractivity contribution in [2.75, 3.05) is 5.32 Å². The van der Waals surface area contributed by atoms with E-state index in [9.17, 15) is 24.3 Å². The van der Waals surface area contributed by atoms with E-state index in [1.165, 1.54) is 48.7 Å². The standard InChI is InChI=1S/C21H15Cl3N4O5/c22-12-6-4-11(5-7-12)18(29)25-15(20(31)32)10-28-9-8-16(27-21(28)33)26-19(30)17-13(23)2-1-3-14(17)24/h1-9,15H,10H2,(H,25,29)(H,31,32)(H,26,27,30,33)/t15-/m0/s1. The zero-order valence-corrected chi connectivity index (χ0v) is 18.9. The van der Waals surface area contributed by atoms with Crippen molar-refractivity contribution in [2.45, 2.75) is 12.6 Å². The maximum absolute atomic E-state index is 12.4. The van der Waals surface area contributed by atoms with E-state index in [1.54, 1.807) is 6.07 Å². The van der Waals surface area contributed by atoms with Gasteiger partial charge in [-0.15, -0.1) is 0 Å². The van der Waals surface area contributed by atoms with Crippen molar-refractivity contribution in [3.63, 3.8) is 0 Å². The first-order valence-electron chi connectivity index (χ1n) is 9.28. The topological polar surface area (TPSA) is 130 Å². The largest absolute Gasteiger partial charge is 0.480 e. The number of amides is 2. The molecule has 0 aliphatic heterocycles. The van der Waals surface area contributed by atoms with Crippen molar-refractivity contribution in [2.24, 2.45) is 0 Å². The number of hydrogen-bond acceptors (Lipinski definition) is 5. The minimum absolute atomic E-state index is 0.0164. The lowest BCUT2D eigenvalue weighted by Gasteiger charge is -2.16. The molecule has 2 aromatic carbocycles. The molecule has 1 aromatic heterocycles. The third kappa shape index (κ3) is 6.10. The molecule has 1 heterocycles. The van der Waals surface area contributed by atoms with Crippen LogP contribution in [0.3, 0.4) is 0 Å². The summed E-state index contributed by atoms with van der Waals surface area (Å²) in [5.41, 5.74) is -0.625. The van der Waals surface area contributed by atoms with E-state index >= 15 is 0 Å². The molecule has 33 heavy (non-hydrogen) atoms. The monoisotopic (exact) mass is 508 g/mol. The van der Waals surface area contributed by atoms with E-state index in [1.807, 2.05) is 0 Å². The highest BCUT2D eigenvalue weighted by atomic mass is 35.5. The predicted octanol–water partition coefficient (Wildman–Crippen LogP) is 3.34. The number of rotatable bonds is 7. The Kier molecular flexibility index (Phi) is 7.70. The fourth-order valence-electron chi connectivity index (χ4n) is 2.76. The van der Waals surface area contributed by atoms with Crippen molar-refractivity contribution in [1.82, 2.24) is 14.9 Å². The average Bonchev–Trinajstić information content (AvgIpc) is 2.75. The number of aromatic nitrogens is 2. The summed E-state index contributed by atoms with van der Waals surface area (Å²) in [7, 11) is 0. The van der Waals surface area contributed by atoms with Crippen LogP contribution in [-0.2, 0) is 11.3 Å². The zero-order valence-electron chi connectivity index (χ0n) is 16.6. The van der Waals surface area contributed by atoms with Gasteiger partial charge in [-0.25, -0.2) is 9.59 Å². The van der Waals surface area contributed by atoms with E-state index in [0.717, 1.165) is 4.57 Å². The smallest absolute Gasteiger partial charge is 0.349 e. The molecule has 2 amide bonds. The first kappa shape index (κ1) is 24.2. The van der Waals surface area contributed by atoms with Gasteiger partial charge in [0, 0.05) is 16.8 Å². The van der Waals surface area contributed by atoms with Gasteiger partial charge in [0.05, 0.1) is 22.2 Å². The highest BCUT2D eigenvalue weighted by molar-refractivity contribution is 6.40. The van der Waals surface area contributed by atoms with Gasteiger partial charge in [-0.1, -0.05) is 40.9 Å². The number of anilines is 1. The number of carboxylic acids is 1.